The van der Waals surface area contributed by atoms with E-state index in [4.69, 9.17) is 21.3 Å². The number of fused-ring (bicyclic) bond motifs is 1. The molecule has 26 heavy (non-hydrogen) atoms. The third-order valence-electron chi connectivity index (χ3n) is 4.27. The summed E-state index contributed by atoms with van der Waals surface area (Å²) in [5.74, 6) is 1.65. The summed E-state index contributed by atoms with van der Waals surface area (Å²) in [6.07, 6.45) is -0.175. The van der Waals surface area contributed by atoms with Gasteiger partial charge >= 0.3 is 0 Å². The van der Waals surface area contributed by atoms with E-state index in [9.17, 15) is 0 Å². The number of hydrogen-bond donors (Lipinski definition) is 2. The molecule has 0 aliphatic carbocycles. The van der Waals surface area contributed by atoms with Gasteiger partial charge in [0, 0.05) is 22.0 Å². The number of rotatable bonds is 3. The molecule has 1 unspecified atom stereocenters. The van der Waals surface area contributed by atoms with Gasteiger partial charge in [0.25, 0.3) is 0 Å². The number of nitrogens with zero attached hydrogens (tertiary/aromatic N) is 1. The lowest BCUT2D eigenvalue weighted by molar-refractivity contribution is 0.414. The van der Waals surface area contributed by atoms with Crippen LogP contribution in [-0.2, 0) is 0 Å². The number of anilines is 2. The molecule has 0 spiro atoms. The highest BCUT2D eigenvalue weighted by molar-refractivity contribution is 6.30. The average molecular weight is 364 g/mol. The Balaban J connectivity index is 1.69. The fraction of sp³-hybridized carbons (Fsp3) is 0.0952. The van der Waals surface area contributed by atoms with E-state index >= 15 is 0 Å². The summed E-state index contributed by atoms with van der Waals surface area (Å²) in [4.78, 5) is 4.89. The van der Waals surface area contributed by atoms with Gasteiger partial charge in [0.1, 0.15) is 17.8 Å². The van der Waals surface area contributed by atoms with Crippen LogP contribution in [0.1, 0.15) is 17.3 Å². The first-order valence-corrected chi connectivity index (χ1v) is 8.71. The van der Waals surface area contributed by atoms with Crippen LogP contribution in [0.5, 0.6) is 5.75 Å². The third kappa shape index (κ3) is 3.37. The second-order valence-electron chi connectivity index (χ2n) is 5.98. The fourth-order valence-corrected chi connectivity index (χ4v) is 3.03. The number of nitrogens with one attached hydrogen (secondary N) is 2. The Labute approximate surface area is 157 Å². The van der Waals surface area contributed by atoms with Gasteiger partial charge in [-0.1, -0.05) is 35.9 Å². The van der Waals surface area contributed by atoms with Gasteiger partial charge in [0.2, 0.25) is 0 Å². The van der Waals surface area contributed by atoms with E-state index in [1.54, 1.807) is 7.11 Å². The Bertz CT molecular complexity index is 936. The molecule has 4 rings (SSSR count). The van der Waals surface area contributed by atoms with Gasteiger partial charge in [0.05, 0.1) is 7.11 Å². The van der Waals surface area contributed by atoms with Crippen molar-refractivity contribution in [2.45, 2.75) is 6.17 Å². The maximum Gasteiger partial charge on any atom is 0.147 e. The zero-order valence-corrected chi connectivity index (χ0v) is 15.0. The number of aliphatic imine (C=N–C) groups is 1. The minimum atomic E-state index is -0.175. The van der Waals surface area contributed by atoms with E-state index in [-0.39, 0.29) is 6.17 Å². The van der Waals surface area contributed by atoms with Crippen LogP contribution < -0.4 is 15.4 Å². The Morgan fingerprint density at radius 3 is 2.42 bits per heavy atom. The summed E-state index contributed by atoms with van der Waals surface area (Å²) in [6.45, 7) is 0. The van der Waals surface area contributed by atoms with Crippen molar-refractivity contribution in [3.8, 4) is 5.75 Å². The second kappa shape index (κ2) is 7.10. The van der Waals surface area contributed by atoms with E-state index < -0.39 is 0 Å². The summed E-state index contributed by atoms with van der Waals surface area (Å²) >= 11 is 5.99. The maximum atomic E-state index is 5.99. The molecule has 0 saturated heterocycles. The lowest BCUT2D eigenvalue weighted by Crippen LogP contribution is -2.24. The van der Waals surface area contributed by atoms with Crippen LogP contribution in [0.2, 0.25) is 5.02 Å². The second-order valence-corrected chi connectivity index (χ2v) is 6.41. The number of ether oxygens (including phenoxy) is 1. The number of halogens is 1. The van der Waals surface area contributed by atoms with Crippen LogP contribution in [0.3, 0.4) is 0 Å². The SMILES string of the molecule is COc1ccc(C2N=C(Nc3ccc(Cl)cc3)c3ccccc3N2)cc1. The lowest BCUT2D eigenvalue weighted by atomic mass is 10.1. The van der Waals surface area contributed by atoms with Crippen LogP contribution in [0.15, 0.2) is 77.8 Å². The zero-order chi connectivity index (χ0) is 17.9. The van der Waals surface area contributed by atoms with Crippen LogP contribution >= 0.6 is 11.6 Å². The molecule has 1 aliphatic heterocycles. The van der Waals surface area contributed by atoms with Gasteiger partial charge in [-0.25, -0.2) is 4.99 Å². The molecule has 0 amide bonds. The molecule has 4 nitrogen and oxygen atoms in total. The summed E-state index contributed by atoms with van der Waals surface area (Å²) in [5.41, 5.74) is 4.08. The zero-order valence-electron chi connectivity index (χ0n) is 14.2. The van der Waals surface area contributed by atoms with E-state index in [1.165, 1.54) is 0 Å². The number of hydrogen-bond acceptors (Lipinski definition) is 4. The quantitative estimate of drug-likeness (QED) is 0.661. The Hall–Kier alpha value is -2.98. The minimum absolute atomic E-state index is 0.175. The summed E-state index contributed by atoms with van der Waals surface area (Å²) in [5, 5.41) is 7.61. The highest BCUT2D eigenvalue weighted by Crippen LogP contribution is 2.31. The van der Waals surface area contributed by atoms with Crippen molar-refractivity contribution < 1.29 is 4.74 Å². The van der Waals surface area contributed by atoms with E-state index in [0.29, 0.717) is 5.02 Å². The monoisotopic (exact) mass is 363 g/mol. The average Bonchev–Trinajstić information content (AvgIpc) is 2.69. The van der Waals surface area contributed by atoms with Crippen molar-refractivity contribution in [2.24, 2.45) is 4.99 Å². The molecule has 3 aromatic rings. The van der Waals surface area contributed by atoms with Crippen molar-refractivity contribution in [1.29, 1.82) is 0 Å². The van der Waals surface area contributed by atoms with Gasteiger partial charge in [-0.2, -0.15) is 0 Å². The third-order valence-corrected chi connectivity index (χ3v) is 4.52. The van der Waals surface area contributed by atoms with Crippen molar-refractivity contribution in [3.63, 3.8) is 0 Å². The topological polar surface area (TPSA) is 45.6 Å². The Kier molecular flexibility index (Phi) is 4.50. The predicted molar refractivity (Wildman–Crippen MR) is 107 cm³/mol. The van der Waals surface area contributed by atoms with Gasteiger partial charge < -0.3 is 15.4 Å². The van der Waals surface area contributed by atoms with E-state index in [1.807, 2.05) is 66.7 Å². The first kappa shape index (κ1) is 16.5. The molecular weight excluding hydrogens is 346 g/mol. The predicted octanol–water partition coefficient (Wildman–Crippen LogP) is 5.33. The lowest BCUT2D eigenvalue weighted by Gasteiger charge is -2.26. The number of amidine groups is 1. The molecule has 0 bridgehead atoms. The first-order valence-electron chi connectivity index (χ1n) is 8.33. The standard InChI is InChI=1S/C21H18ClN3O/c1-26-17-12-6-14(7-13-17)20-24-19-5-3-2-4-18(19)21(25-20)23-16-10-8-15(22)9-11-16/h2-13,20,24H,1H3,(H,23,25). The smallest absolute Gasteiger partial charge is 0.147 e. The summed E-state index contributed by atoms with van der Waals surface area (Å²) in [6, 6.07) is 23.7. The number of benzene rings is 3. The summed E-state index contributed by atoms with van der Waals surface area (Å²) in [7, 11) is 1.66. The van der Waals surface area contributed by atoms with Gasteiger partial charge in [0.15, 0.2) is 0 Å². The molecule has 1 atom stereocenters. The molecule has 1 aliphatic rings. The molecule has 0 radical (unpaired) electrons. The molecular formula is C21H18ClN3O. The first-order chi connectivity index (χ1) is 12.7. The van der Waals surface area contributed by atoms with Crippen LogP contribution in [0, 0.1) is 0 Å². The molecule has 0 saturated carbocycles. The number of para-hydroxylation sites is 1. The van der Waals surface area contributed by atoms with E-state index in [0.717, 1.165) is 34.1 Å². The Morgan fingerprint density at radius 1 is 0.962 bits per heavy atom. The van der Waals surface area contributed by atoms with Crippen molar-refractivity contribution in [1.82, 2.24) is 0 Å². The van der Waals surface area contributed by atoms with Crippen LogP contribution in [-0.4, -0.2) is 12.9 Å². The fourth-order valence-electron chi connectivity index (χ4n) is 2.91. The van der Waals surface area contributed by atoms with Crippen LogP contribution in [0.25, 0.3) is 0 Å². The highest BCUT2D eigenvalue weighted by atomic mass is 35.5. The highest BCUT2D eigenvalue weighted by Gasteiger charge is 2.21. The maximum absolute atomic E-state index is 5.99. The van der Waals surface area contributed by atoms with Gasteiger partial charge in [-0.05, 0) is 54.1 Å². The van der Waals surface area contributed by atoms with Gasteiger partial charge in [-0.15, -0.1) is 0 Å². The molecule has 2 N–H and O–H groups in total. The number of methoxy groups -OCH3 is 1. The molecule has 0 fully saturated rings. The van der Waals surface area contributed by atoms with Gasteiger partial charge in [-0.3, -0.25) is 0 Å². The van der Waals surface area contributed by atoms with Crippen molar-refractivity contribution >= 4 is 28.8 Å². The minimum Gasteiger partial charge on any atom is -0.497 e. The summed E-state index contributed by atoms with van der Waals surface area (Å²) < 4.78 is 5.24. The van der Waals surface area contributed by atoms with Crippen molar-refractivity contribution in [3.05, 3.63) is 88.9 Å². The molecule has 5 heteroatoms. The normalized spacial score (nSPS) is 15.5. The molecule has 1 heterocycles. The largest absolute Gasteiger partial charge is 0.497 e. The van der Waals surface area contributed by atoms with Crippen molar-refractivity contribution in [2.75, 3.05) is 17.7 Å². The molecule has 130 valence electrons. The van der Waals surface area contributed by atoms with Crippen LogP contribution in [0.4, 0.5) is 11.4 Å². The van der Waals surface area contributed by atoms with E-state index in [2.05, 4.69) is 16.7 Å². The molecule has 0 aromatic heterocycles. The molecule has 3 aromatic carbocycles. The Morgan fingerprint density at radius 2 is 1.69 bits per heavy atom.